The van der Waals surface area contributed by atoms with Crippen LogP contribution in [0.3, 0.4) is 0 Å². The van der Waals surface area contributed by atoms with Crippen LogP contribution >= 0.6 is 0 Å². The summed E-state index contributed by atoms with van der Waals surface area (Å²) in [6, 6.07) is 0. The van der Waals surface area contributed by atoms with Gasteiger partial charge >= 0.3 is 0 Å². The molecule has 0 heterocycles. The van der Waals surface area contributed by atoms with Crippen molar-refractivity contribution in [2.75, 3.05) is 39.3 Å². The Morgan fingerprint density at radius 1 is 0.471 bits per heavy atom. The standard InChI is InChI=1S/C13H32N4/c14-8-4-2-1-3-5-11-17(12-6-9-15)13-7-10-16/h1-16H2. The first-order valence-electron chi connectivity index (χ1n) is 7.17. The molecule has 0 radical (unpaired) electrons. The lowest BCUT2D eigenvalue weighted by molar-refractivity contribution is 0.263. The molecule has 0 saturated carbocycles. The lowest BCUT2D eigenvalue weighted by Gasteiger charge is -2.21. The SMILES string of the molecule is NCCCCCCCN(CCCN)CCCN. The lowest BCUT2D eigenvalue weighted by atomic mass is 10.1. The second-order valence-corrected chi connectivity index (χ2v) is 4.68. The molecule has 4 nitrogen and oxygen atoms in total. The van der Waals surface area contributed by atoms with Gasteiger partial charge in [0.1, 0.15) is 0 Å². The summed E-state index contributed by atoms with van der Waals surface area (Å²) in [5.74, 6) is 0. The van der Waals surface area contributed by atoms with Gasteiger partial charge in [0.2, 0.25) is 0 Å². The van der Waals surface area contributed by atoms with E-state index < -0.39 is 0 Å². The average molecular weight is 244 g/mol. The fourth-order valence-electron chi connectivity index (χ4n) is 1.98. The van der Waals surface area contributed by atoms with E-state index in [-0.39, 0.29) is 0 Å². The van der Waals surface area contributed by atoms with Gasteiger partial charge in [0, 0.05) is 0 Å². The van der Waals surface area contributed by atoms with Crippen molar-refractivity contribution in [2.45, 2.75) is 44.9 Å². The van der Waals surface area contributed by atoms with E-state index in [1.54, 1.807) is 0 Å². The summed E-state index contributed by atoms with van der Waals surface area (Å²) in [6.45, 7) is 5.85. The molecule has 4 heteroatoms. The summed E-state index contributed by atoms with van der Waals surface area (Å²) < 4.78 is 0. The highest BCUT2D eigenvalue weighted by molar-refractivity contribution is 4.59. The number of hydrogen-bond acceptors (Lipinski definition) is 4. The molecule has 0 rings (SSSR count). The molecule has 0 fully saturated rings. The van der Waals surface area contributed by atoms with Crippen LogP contribution in [0.2, 0.25) is 0 Å². The molecule has 0 saturated heterocycles. The Bertz CT molecular complexity index is 133. The zero-order valence-electron chi connectivity index (χ0n) is 11.4. The Hall–Kier alpha value is -0.160. The van der Waals surface area contributed by atoms with Gasteiger partial charge in [-0.2, -0.15) is 0 Å². The Labute approximate surface area is 107 Å². The Balaban J connectivity index is 3.45. The van der Waals surface area contributed by atoms with Crippen LogP contribution in [0.15, 0.2) is 0 Å². The zero-order chi connectivity index (χ0) is 12.8. The van der Waals surface area contributed by atoms with Crippen LogP contribution in [0.5, 0.6) is 0 Å². The Morgan fingerprint density at radius 2 is 0.882 bits per heavy atom. The Morgan fingerprint density at radius 3 is 1.41 bits per heavy atom. The van der Waals surface area contributed by atoms with Crippen molar-refractivity contribution in [3.8, 4) is 0 Å². The number of nitrogens with zero attached hydrogens (tertiary/aromatic N) is 1. The van der Waals surface area contributed by atoms with Crippen LogP contribution in [-0.2, 0) is 0 Å². The summed E-state index contributed by atoms with van der Waals surface area (Å²) in [7, 11) is 0. The first kappa shape index (κ1) is 16.8. The molecule has 0 atom stereocenters. The van der Waals surface area contributed by atoms with Gasteiger partial charge in [-0.15, -0.1) is 0 Å². The fourth-order valence-corrected chi connectivity index (χ4v) is 1.98. The zero-order valence-corrected chi connectivity index (χ0v) is 11.4. The first-order valence-corrected chi connectivity index (χ1v) is 7.17. The predicted octanol–water partition coefficient (Wildman–Crippen LogP) is 0.895. The van der Waals surface area contributed by atoms with E-state index in [9.17, 15) is 0 Å². The quantitative estimate of drug-likeness (QED) is 0.420. The summed E-state index contributed by atoms with van der Waals surface area (Å²) >= 11 is 0. The van der Waals surface area contributed by atoms with Gasteiger partial charge in [0.15, 0.2) is 0 Å². The minimum absolute atomic E-state index is 0.787. The molecule has 0 bridgehead atoms. The maximum absolute atomic E-state index is 5.55. The summed E-state index contributed by atoms with van der Waals surface area (Å²) in [5, 5.41) is 0. The molecule has 0 aliphatic heterocycles. The molecule has 0 aromatic rings. The maximum atomic E-state index is 5.55. The monoisotopic (exact) mass is 244 g/mol. The molecule has 0 aliphatic carbocycles. The van der Waals surface area contributed by atoms with Crippen LogP contribution in [0.4, 0.5) is 0 Å². The molecule has 0 aromatic heterocycles. The molecule has 17 heavy (non-hydrogen) atoms. The van der Waals surface area contributed by atoms with Crippen molar-refractivity contribution in [2.24, 2.45) is 17.2 Å². The first-order chi connectivity index (χ1) is 8.35. The normalized spacial score (nSPS) is 11.3. The van der Waals surface area contributed by atoms with Gasteiger partial charge in [-0.3, -0.25) is 0 Å². The number of rotatable bonds is 13. The van der Waals surface area contributed by atoms with Gasteiger partial charge in [-0.1, -0.05) is 19.3 Å². The van der Waals surface area contributed by atoms with Crippen LogP contribution < -0.4 is 17.2 Å². The van der Waals surface area contributed by atoms with Gasteiger partial charge in [-0.05, 0) is 65.0 Å². The largest absolute Gasteiger partial charge is 0.330 e. The van der Waals surface area contributed by atoms with Crippen molar-refractivity contribution >= 4 is 0 Å². The lowest BCUT2D eigenvalue weighted by Crippen LogP contribution is -2.29. The smallest absolute Gasteiger partial charge is 0.000671 e. The van der Waals surface area contributed by atoms with Gasteiger partial charge in [0.25, 0.3) is 0 Å². The van der Waals surface area contributed by atoms with E-state index in [1.165, 1.54) is 38.6 Å². The highest BCUT2D eigenvalue weighted by Gasteiger charge is 2.03. The number of nitrogens with two attached hydrogens (primary N) is 3. The molecular weight excluding hydrogens is 212 g/mol. The van der Waals surface area contributed by atoms with E-state index in [2.05, 4.69) is 4.90 Å². The highest BCUT2D eigenvalue weighted by atomic mass is 15.1. The van der Waals surface area contributed by atoms with Crippen LogP contribution in [0.25, 0.3) is 0 Å². The van der Waals surface area contributed by atoms with E-state index in [0.29, 0.717) is 0 Å². The summed E-state index contributed by atoms with van der Waals surface area (Å²) in [4.78, 5) is 2.50. The number of unbranched alkanes of at least 4 members (excludes halogenated alkanes) is 4. The van der Waals surface area contributed by atoms with Crippen molar-refractivity contribution in [3.05, 3.63) is 0 Å². The molecular formula is C13H32N4. The van der Waals surface area contributed by atoms with E-state index in [0.717, 1.165) is 45.6 Å². The molecule has 0 amide bonds. The van der Waals surface area contributed by atoms with Gasteiger partial charge in [-0.25, -0.2) is 0 Å². The Kier molecular flexibility index (Phi) is 13.8. The second-order valence-electron chi connectivity index (χ2n) is 4.68. The van der Waals surface area contributed by atoms with Crippen LogP contribution in [0.1, 0.15) is 44.9 Å². The molecule has 0 spiro atoms. The third kappa shape index (κ3) is 12.1. The van der Waals surface area contributed by atoms with Gasteiger partial charge in [0.05, 0.1) is 0 Å². The highest BCUT2D eigenvalue weighted by Crippen LogP contribution is 2.04. The fraction of sp³-hybridized carbons (Fsp3) is 1.00. The predicted molar refractivity (Wildman–Crippen MR) is 75.9 cm³/mol. The van der Waals surface area contributed by atoms with E-state index in [1.807, 2.05) is 0 Å². The summed E-state index contributed by atoms with van der Waals surface area (Å²) in [5.41, 5.74) is 16.6. The van der Waals surface area contributed by atoms with Crippen LogP contribution in [0, 0.1) is 0 Å². The minimum Gasteiger partial charge on any atom is -0.330 e. The van der Waals surface area contributed by atoms with Crippen LogP contribution in [-0.4, -0.2) is 44.2 Å². The molecule has 0 aliphatic rings. The molecule has 6 N–H and O–H groups in total. The average Bonchev–Trinajstić information content (AvgIpc) is 2.35. The van der Waals surface area contributed by atoms with Gasteiger partial charge < -0.3 is 22.1 Å². The van der Waals surface area contributed by atoms with Crippen molar-refractivity contribution in [1.29, 1.82) is 0 Å². The van der Waals surface area contributed by atoms with Crippen molar-refractivity contribution in [1.82, 2.24) is 4.90 Å². The third-order valence-corrected chi connectivity index (χ3v) is 3.04. The molecule has 104 valence electrons. The topological polar surface area (TPSA) is 81.3 Å². The molecule has 0 aromatic carbocycles. The van der Waals surface area contributed by atoms with E-state index in [4.69, 9.17) is 17.2 Å². The van der Waals surface area contributed by atoms with Crippen molar-refractivity contribution < 1.29 is 0 Å². The summed E-state index contributed by atoms with van der Waals surface area (Å²) in [6.07, 6.45) is 8.57. The number of hydrogen-bond donors (Lipinski definition) is 3. The maximum Gasteiger partial charge on any atom is -0.000671 e. The third-order valence-electron chi connectivity index (χ3n) is 3.04. The van der Waals surface area contributed by atoms with E-state index >= 15 is 0 Å². The van der Waals surface area contributed by atoms with Crippen molar-refractivity contribution in [3.63, 3.8) is 0 Å². The minimum atomic E-state index is 0.787. The second kappa shape index (κ2) is 13.9. The molecule has 0 unspecified atom stereocenters.